The number of rotatable bonds is 1. The van der Waals surface area contributed by atoms with Crippen LogP contribution in [0.5, 0.6) is 0 Å². The van der Waals surface area contributed by atoms with Crippen molar-refractivity contribution < 1.29 is 0 Å². The Labute approximate surface area is 29.3 Å². The van der Waals surface area contributed by atoms with E-state index in [2.05, 4.69) is 6.58 Å². The molecule has 22 valence electrons. The second-order valence-electron chi connectivity index (χ2n) is 0.285. The number of nitrogens with one attached hydrogen (secondary N) is 1. The number of hydrogen-bond donors (Lipinski definition) is 1. The summed E-state index contributed by atoms with van der Waals surface area (Å²) in [6.45, 7) is 3.25. The fourth-order valence-corrected chi connectivity index (χ4v) is 0. The van der Waals surface area contributed by atoms with E-state index in [4.69, 9.17) is 4.78 Å². The molecule has 0 aromatic heterocycles. The lowest BCUT2D eigenvalue weighted by Gasteiger charge is -1.16. The van der Waals surface area contributed by atoms with E-state index in [1.165, 1.54) is 5.41 Å². The summed E-state index contributed by atoms with van der Waals surface area (Å²) < 4.78 is 6.25. The van der Waals surface area contributed by atoms with Gasteiger partial charge in [0.15, 0.2) is 0 Å². The molecule has 0 bridgehead atoms. The van der Waals surface area contributed by atoms with Gasteiger partial charge in [0, 0.05) is 0 Å². The fraction of sp³-hybridized carbons (Fsp3) is 0. The Hall–Kier alpha value is -0.240. The van der Waals surface area contributed by atoms with Crippen LogP contribution in [0.3, 0.4) is 0 Å². The quantitative estimate of drug-likeness (QED) is 0.448. The lowest BCUT2D eigenvalue weighted by atomic mass is 11.3. The topological polar surface area (TPSA) is 23.9 Å². The van der Waals surface area contributed by atoms with Crippen molar-refractivity contribution >= 4 is 11.6 Å². The minimum absolute atomic E-state index is 0.870. The molecule has 0 rings (SSSR count). The van der Waals surface area contributed by atoms with Gasteiger partial charge in [0.1, 0.15) is 0 Å². The minimum Gasteiger partial charge on any atom is -0.0383 e. The van der Waals surface area contributed by atoms with Gasteiger partial charge in [0.25, 0.3) is 0 Å². The van der Waals surface area contributed by atoms with Gasteiger partial charge in [-0.2, -0.15) is 0 Å². The Kier molecular flexibility index (Phi) is 2.59. The summed E-state index contributed by atoms with van der Waals surface area (Å²) >= 11 is 0.870. The van der Waals surface area contributed by atoms with E-state index in [1.807, 2.05) is 0 Å². The third-order valence-corrected chi connectivity index (χ3v) is 0.250. The molecule has 0 amide bonds. The fourth-order valence-electron chi connectivity index (χ4n) is 0. The van der Waals surface area contributed by atoms with Crippen molar-refractivity contribution in [1.82, 2.24) is 0 Å². The molecule has 0 radical (unpaired) electrons. The monoisotopic (exact) mass is 74.0 g/mol. The SMILES string of the molecule is C=C[S+]=N. The highest BCUT2D eigenvalue weighted by molar-refractivity contribution is 7.70. The van der Waals surface area contributed by atoms with Crippen molar-refractivity contribution in [2.45, 2.75) is 0 Å². The van der Waals surface area contributed by atoms with Crippen molar-refractivity contribution in [1.29, 1.82) is 4.78 Å². The predicted molar refractivity (Wildman–Crippen MR) is 20.3 cm³/mol. The van der Waals surface area contributed by atoms with Crippen molar-refractivity contribution in [3.8, 4) is 0 Å². The average molecular weight is 74.1 g/mol. The molecule has 0 aliphatic carbocycles. The summed E-state index contributed by atoms with van der Waals surface area (Å²) in [4.78, 5) is 0. The van der Waals surface area contributed by atoms with Gasteiger partial charge in [-0.1, -0.05) is 0 Å². The average Bonchev–Trinajstić information content (AvgIpc) is 1.37. The summed E-state index contributed by atoms with van der Waals surface area (Å²) in [6, 6.07) is 0. The summed E-state index contributed by atoms with van der Waals surface area (Å²) in [5.74, 6) is 0. The molecule has 1 N–H and O–H groups in total. The van der Waals surface area contributed by atoms with Crippen LogP contribution < -0.4 is 0 Å². The molecule has 4 heavy (non-hydrogen) atoms. The molecule has 1 nitrogen and oxygen atoms in total. The molecule has 0 saturated carbocycles. The largest absolute Gasteiger partial charge is 0.345 e. The van der Waals surface area contributed by atoms with E-state index in [1.54, 1.807) is 0 Å². The van der Waals surface area contributed by atoms with E-state index in [0.29, 0.717) is 0 Å². The smallest absolute Gasteiger partial charge is 0.0383 e. The molecule has 0 aromatic rings. The first-order valence-electron chi connectivity index (χ1n) is 0.848. The van der Waals surface area contributed by atoms with E-state index in [9.17, 15) is 0 Å². The Morgan fingerprint density at radius 2 is 2.25 bits per heavy atom. The summed E-state index contributed by atoms with van der Waals surface area (Å²) in [7, 11) is 0. The first-order valence-corrected chi connectivity index (χ1v) is 1.73. The van der Waals surface area contributed by atoms with Gasteiger partial charge in [0.2, 0.25) is 5.41 Å². The molecule has 2 heteroatoms. The van der Waals surface area contributed by atoms with Gasteiger partial charge in [-0.25, -0.2) is 0 Å². The molecule has 0 saturated heterocycles. The molecule has 0 aliphatic rings. The van der Waals surface area contributed by atoms with Gasteiger partial charge in [-0.05, 0) is 11.4 Å². The van der Waals surface area contributed by atoms with E-state index < -0.39 is 0 Å². The van der Waals surface area contributed by atoms with Gasteiger partial charge < -0.3 is 0 Å². The van der Waals surface area contributed by atoms with Crippen LogP contribution in [0, 0.1) is 4.78 Å². The zero-order valence-electron chi connectivity index (χ0n) is 2.19. The molecule has 0 atom stereocenters. The molecule has 0 fully saturated rings. The van der Waals surface area contributed by atoms with Crippen molar-refractivity contribution in [2.75, 3.05) is 0 Å². The summed E-state index contributed by atoms with van der Waals surface area (Å²) in [6.07, 6.45) is 0. The molecular weight excluding hydrogens is 70.1 g/mol. The Bertz CT molecular complexity index is 27.0. The highest BCUT2D eigenvalue weighted by Crippen LogP contribution is 1.46. The Morgan fingerprint density at radius 3 is 2.25 bits per heavy atom. The van der Waals surface area contributed by atoms with Crippen LogP contribution in [0.25, 0.3) is 0 Å². The van der Waals surface area contributed by atoms with Crippen molar-refractivity contribution in [3.05, 3.63) is 12.0 Å². The van der Waals surface area contributed by atoms with Crippen molar-refractivity contribution in [3.63, 3.8) is 0 Å². The van der Waals surface area contributed by atoms with Crippen LogP contribution in [0.4, 0.5) is 0 Å². The second kappa shape index (κ2) is 2.76. The van der Waals surface area contributed by atoms with Gasteiger partial charge >= 0.3 is 11.6 Å². The van der Waals surface area contributed by atoms with Crippen LogP contribution in [0.1, 0.15) is 0 Å². The molecule has 0 heterocycles. The van der Waals surface area contributed by atoms with Gasteiger partial charge in [0.05, 0.1) is 0 Å². The predicted octanol–water partition coefficient (Wildman–Crippen LogP) is 0.975. The lowest BCUT2D eigenvalue weighted by Crippen LogP contribution is -1.28. The third-order valence-electron chi connectivity index (χ3n) is 0.0833. The van der Waals surface area contributed by atoms with Crippen LogP contribution in [0.15, 0.2) is 12.0 Å². The molecule has 0 aliphatic heterocycles. The number of hydrogen-bond acceptors (Lipinski definition) is 1. The third kappa shape index (κ3) is 1.76. The zero-order chi connectivity index (χ0) is 3.41. The highest BCUT2D eigenvalue weighted by atomic mass is 32.1. The zero-order valence-corrected chi connectivity index (χ0v) is 3.01. The second-order valence-corrected chi connectivity index (χ2v) is 0.854. The van der Waals surface area contributed by atoms with E-state index >= 15 is 0 Å². The molecule has 0 spiro atoms. The highest BCUT2D eigenvalue weighted by Gasteiger charge is 1.59. The normalized spacial score (nSPS) is 5.00. The van der Waals surface area contributed by atoms with Crippen LogP contribution in [-0.2, 0) is 11.6 Å². The van der Waals surface area contributed by atoms with E-state index in [0.717, 1.165) is 11.6 Å². The van der Waals surface area contributed by atoms with Crippen LogP contribution in [-0.4, -0.2) is 0 Å². The maximum atomic E-state index is 6.25. The standard InChI is InChI=1S/C2H4NS/c1-2-4-3/h2-3H,1H2/q+1. The first-order chi connectivity index (χ1) is 1.91. The summed E-state index contributed by atoms with van der Waals surface area (Å²) in [5, 5.41) is 1.46. The van der Waals surface area contributed by atoms with Gasteiger partial charge in [-0.3, -0.25) is 0 Å². The first kappa shape index (κ1) is 3.76. The summed E-state index contributed by atoms with van der Waals surface area (Å²) in [5.41, 5.74) is 0. The Morgan fingerprint density at radius 1 is 2.00 bits per heavy atom. The molecule has 0 unspecified atom stereocenters. The molecular formula is C2H4NS+. The van der Waals surface area contributed by atoms with Crippen molar-refractivity contribution in [2.24, 2.45) is 0 Å². The van der Waals surface area contributed by atoms with Crippen LogP contribution in [0.2, 0.25) is 0 Å². The Balaban J connectivity index is 2.73. The lowest BCUT2D eigenvalue weighted by molar-refractivity contribution is 1.66. The molecule has 0 aromatic carbocycles. The minimum atomic E-state index is 0.870. The maximum Gasteiger partial charge on any atom is 0.345 e. The van der Waals surface area contributed by atoms with Gasteiger partial charge in [-0.15, -0.1) is 0 Å². The van der Waals surface area contributed by atoms with E-state index in [-0.39, 0.29) is 0 Å². The maximum absolute atomic E-state index is 6.25. The van der Waals surface area contributed by atoms with Crippen LogP contribution >= 0.6 is 0 Å².